The van der Waals surface area contributed by atoms with Crippen LogP contribution in [0.1, 0.15) is 22.8 Å². The lowest BCUT2D eigenvalue weighted by Crippen LogP contribution is -2.02. The van der Waals surface area contributed by atoms with Crippen molar-refractivity contribution in [2.75, 3.05) is 6.61 Å². The summed E-state index contributed by atoms with van der Waals surface area (Å²) >= 11 is 5.99. The fraction of sp³-hybridized carbons (Fsp3) is 0.133. The normalized spacial score (nSPS) is 10.1. The van der Waals surface area contributed by atoms with Crippen molar-refractivity contribution in [3.05, 3.63) is 64.7 Å². The van der Waals surface area contributed by atoms with Crippen LogP contribution in [0.4, 0.5) is 0 Å². The summed E-state index contributed by atoms with van der Waals surface area (Å²) in [5.74, 6) is 0.508. The van der Waals surface area contributed by atoms with E-state index in [4.69, 9.17) is 16.3 Å². The molecule has 0 bridgehead atoms. The predicted octanol–water partition coefficient (Wildman–Crippen LogP) is 3.97. The molecule has 0 aliphatic carbocycles. The summed E-state index contributed by atoms with van der Waals surface area (Å²) in [5, 5.41) is 0.515. The molecule has 0 saturated carbocycles. The molecule has 2 rings (SSSR count). The summed E-state index contributed by atoms with van der Waals surface area (Å²) in [7, 11) is 0. The van der Waals surface area contributed by atoms with Gasteiger partial charge in [0.05, 0.1) is 11.6 Å². The highest BCUT2D eigenvalue weighted by molar-refractivity contribution is 6.32. The van der Waals surface area contributed by atoms with E-state index in [0.29, 0.717) is 28.5 Å². The average Bonchev–Trinajstić information content (AvgIpc) is 2.42. The molecule has 0 spiro atoms. The number of ketones is 1. The molecule has 0 amide bonds. The summed E-state index contributed by atoms with van der Waals surface area (Å²) in [6, 6.07) is 14.2. The van der Waals surface area contributed by atoms with Crippen LogP contribution < -0.4 is 4.74 Å². The van der Waals surface area contributed by atoms with Crippen LogP contribution in [0.25, 0.3) is 0 Å². The summed E-state index contributed by atoms with van der Waals surface area (Å²) in [5.41, 5.74) is 1.23. The Labute approximate surface area is 111 Å². The first kappa shape index (κ1) is 12.7. The lowest BCUT2D eigenvalue weighted by molar-refractivity contribution is 0.103. The molecule has 0 aliphatic heterocycles. The number of hydrogen-bond acceptors (Lipinski definition) is 2. The Morgan fingerprint density at radius 2 is 1.83 bits per heavy atom. The predicted molar refractivity (Wildman–Crippen MR) is 72.5 cm³/mol. The van der Waals surface area contributed by atoms with Crippen molar-refractivity contribution in [3.8, 4) is 5.75 Å². The first-order chi connectivity index (χ1) is 8.72. The van der Waals surface area contributed by atoms with Gasteiger partial charge >= 0.3 is 0 Å². The zero-order valence-electron chi connectivity index (χ0n) is 10.0. The smallest absolute Gasteiger partial charge is 0.193 e. The second-order valence-corrected chi connectivity index (χ2v) is 4.18. The molecule has 0 aliphatic rings. The van der Waals surface area contributed by atoms with Gasteiger partial charge in [0.2, 0.25) is 0 Å². The van der Waals surface area contributed by atoms with Crippen molar-refractivity contribution in [1.29, 1.82) is 0 Å². The maximum Gasteiger partial charge on any atom is 0.193 e. The van der Waals surface area contributed by atoms with Crippen LogP contribution in [0.3, 0.4) is 0 Å². The summed E-state index contributed by atoms with van der Waals surface area (Å²) in [4.78, 5) is 12.2. The topological polar surface area (TPSA) is 26.3 Å². The van der Waals surface area contributed by atoms with E-state index in [0.717, 1.165) is 0 Å². The first-order valence-electron chi connectivity index (χ1n) is 5.74. The van der Waals surface area contributed by atoms with Gasteiger partial charge in [-0.15, -0.1) is 0 Å². The van der Waals surface area contributed by atoms with E-state index in [1.54, 1.807) is 30.3 Å². The Morgan fingerprint density at radius 3 is 2.50 bits per heavy atom. The highest BCUT2D eigenvalue weighted by Gasteiger charge is 2.11. The van der Waals surface area contributed by atoms with Gasteiger partial charge in [0.15, 0.2) is 5.78 Å². The fourth-order valence-corrected chi connectivity index (χ4v) is 1.84. The van der Waals surface area contributed by atoms with Crippen LogP contribution in [0.15, 0.2) is 48.5 Å². The van der Waals surface area contributed by atoms with Crippen LogP contribution in [0, 0.1) is 0 Å². The third-order valence-corrected chi connectivity index (χ3v) is 2.84. The van der Waals surface area contributed by atoms with E-state index < -0.39 is 0 Å². The Hall–Kier alpha value is -1.80. The number of rotatable bonds is 4. The summed E-state index contributed by atoms with van der Waals surface area (Å²) in [6.07, 6.45) is 0. The lowest BCUT2D eigenvalue weighted by atomic mass is 10.0. The van der Waals surface area contributed by atoms with Gasteiger partial charge in [-0.05, 0) is 25.1 Å². The average molecular weight is 261 g/mol. The number of ether oxygens (including phenoxy) is 1. The minimum absolute atomic E-state index is 0.0341. The van der Waals surface area contributed by atoms with Gasteiger partial charge in [0.1, 0.15) is 5.75 Å². The largest absolute Gasteiger partial charge is 0.492 e. The van der Waals surface area contributed by atoms with Gasteiger partial charge < -0.3 is 4.74 Å². The van der Waals surface area contributed by atoms with E-state index in [1.807, 2.05) is 25.1 Å². The highest BCUT2D eigenvalue weighted by atomic mass is 35.5. The standard InChI is InChI=1S/C15H13ClO2/c1-2-18-14-10-12(8-9-13(14)16)15(17)11-6-4-3-5-7-11/h3-10H,2H2,1H3. The number of hydrogen-bond donors (Lipinski definition) is 0. The molecule has 2 aromatic carbocycles. The minimum atomic E-state index is -0.0341. The number of benzene rings is 2. The van der Waals surface area contributed by atoms with Gasteiger partial charge in [-0.1, -0.05) is 41.9 Å². The summed E-state index contributed by atoms with van der Waals surface area (Å²) < 4.78 is 5.38. The quantitative estimate of drug-likeness (QED) is 0.778. The first-order valence-corrected chi connectivity index (χ1v) is 6.12. The molecule has 2 aromatic rings. The monoisotopic (exact) mass is 260 g/mol. The molecule has 0 N–H and O–H groups in total. The summed E-state index contributed by atoms with van der Waals surface area (Å²) in [6.45, 7) is 2.39. The molecule has 3 heteroatoms. The van der Waals surface area contributed by atoms with Crippen LogP contribution >= 0.6 is 11.6 Å². The molecule has 0 unspecified atom stereocenters. The van der Waals surface area contributed by atoms with Crippen molar-refractivity contribution in [2.45, 2.75) is 6.92 Å². The van der Waals surface area contributed by atoms with E-state index in [2.05, 4.69) is 0 Å². The molecule has 0 saturated heterocycles. The van der Waals surface area contributed by atoms with Crippen LogP contribution in [0.5, 0.6) is 5.75 Å². The fourth-order valence-electron chi connectivity index (χ4n) is 1.67. The van der Waals surface area contributed by atoms with Gasteiger partial charge in [0, 0.05) is 11.1 Å². The molecule has 2 nitrogen and oxygen atoms in total. The molecule has 0 heterocycles. The van der Waals surface area contributed by atoms with Crippen molar-refractivity contribution in [1.82, 2.24) is 0 Å². The second-order valence-electron chi connectivity index (χ2n) is 3.77. The Morgan fingerprint density at radius 1 is 1.11 bits per heavy atom. The van der Waals surface area contributed by atoms with Crippen molar-refractivity contribution < 1.29 is 9.53 Å². The second kappa shape index (κ2) is 5.69. The van der Waals surface area contributed by atoms with E-state index >= 15 is 0 Å². The highest BCUT2D eigenvalue weighted by Crippen LogP contribution is 2.26. The maximum absolute atomic E-state index is 12.2. The molecular weight excluding hydrogens is 248 g/mol. The zero-order chi connectivity index (χ0) is 13.0. The van der Waals surface area contributed by atoms with Crippen molar-refractivity contribution in [3.63, 3.8) is 0 Å². The van der Waals surface area contributed by atoms with Gasteiger partial charge in [-0.25, -0.2) is 0 Å². The van der Waals surface area contributed by atoms with Crippen molar-refractivity contribution >= 4 is 17.4 Å². The molecule has 0 radical (unpaired) electrons. The third-order valence-electron chi connectivity index (χ3n) is 2.53. The molecule has 0 fully saturated rings. The Balaban J connectivity index is 2.34. The number of halogens is 1. The van der Waals surface area contributed by atoms with Gasteiger partial charge in [0.25, 0.3) is 0 Å². The lowest BCUT2D eigenvalue weighted by Gasteiger charge is -2.07. The van der Waals surface area contributed by atoms with Crippen LogP contribution in [-0.2, 0) is 0 Å². The molecule has 92 valence electrons. The number of carbonyl (C=O) groups excluding carboxylic acids is 1. The van der Waals surface area contributed by atoms with Gasteiger partial charge in [-0.3, -0.25) is 4.79 Å². The molecule has 0 aromatic heterocycles. The third kappa shape index (κ3) is 2.71. The molecular formula is C15H13ClO2. The Bertz CT molecular complexity index is 550. The number of carbonyl (C=O) groups is 1. The van der Waals surface area contributed by atoms with E-state index in [9.17, 15) is 4.79 Å². The van der Waals surface area contributed by atoms with Crippen molar-refractivity contribution in [2.24, 2.45) is 0 Å². The SMILES string of the molecule is CCOc1cc(C(=O)c2ccccc2)ccc1Cl. The Kier molecular flexibility index (Phi) is 4.00. The molecule has 18 heavy (non-hydrogen) atoms. The maximum atomic E-state index is 12.2. The molecule has 0 atom stereocenters. The van der Waals surface area contributed by atoms with Crippen LogP contribution in [-0.4, -0.2) is 12.4 Å². The van der Waals surface area contributed by atoms with E-state index in [1.165, 1.54) is 0 Å². The van der Waals surface area contributed by atoms with E-state index in [-0.39, 0.29) is 5.78 Å². The van der Waals surface area contributed by atoms with Crippen LogP contribution in [0.2, 0.25) is 5.02 Å². The zero-order valence-corrected chi connectivity index (χ0v) is 10.8. The minimum Gasteiger partial charge on any atom is -0.492 e. The van der Waals surface area contributed by atoms with Gasteiger partial charge in [-0.2, -0.15) is 0 Å².